The number of unbranched alkanes of at least 4 members (excludes halogenated alkanes) is 1. The summed E-state index contributed by atoms with van der Waals surface area (Å²) >= 11 is 0. The molecule has 0 saturated carbocycles. The number of carboxylic acids is 1. The number of fused-ring (bicyclic) bond motifs is 1. The number of carbonyl (C=O) groups excluding carboxylic acids is 1. The average Bonchev–Trinajstić information content (AvgIpc) is 2.93. The molecule has 180 valence electrons. The molecule has 1 aliphatic carbocycles. The van der Waals surface area contributed by atoms with Gasteiger partial charge in [-0.3, -0.25) is 4.79 Å². The molecule has 1 aliphatic rings. The third-order valence-electron chi connectivity index (χ3n) is 6.79. The highest BCUT2D eigenvalue weighted by Gasteiger charge is 2.28. The molecule has 0 heterocycles. The van der Waals surface area contributed by atoms with E-state index < -0.39 is 11.8 Å². The monoisotopic (exact) mass is 460 g/mol. The zero-order valence-corrected chi connectivity index (χ0v) is 20.8. The molecule has 1 N–H and O–H groups in total. The Morgan fingerprint density at radius 1 is 1.15 bits per heavy atom. The highest BCUT2D eigenvalue weighted by Crippen LogP contribution is 2.41. The minimum atomic E-state index is -1.19. The normalized spacial score (nSPS) is 19.5. The molecule has 2 atom stereocenters. The van der Waals surface area contributed by atoms with Gasteiger partial charge >= 0.3 is 5.97 Å². The number of benzene rings is 2. The molecule has 34 heavy (non-hydrogen) atoms. The number of ketones is 1. The second kappa shape index (κ2) is 11.9. The van der Waals surface area contributed by atoms with E-state index in [9.17, 15) is 14.7 Å². The van der Waals surface area contributed by atoms with Crippen LogP contribution in [0.1, 0.15) is 73.8 Å². The molecule has 3 rings (SSSR count). The molecule has 0 radical (unpaired) electrons. The molecule has 2 aromatic carbocycles. The molecule has 2 unspecified atom stereocenters. The van der Waals surface area contributed by atoms with Gasteiger partial charge in [-0.15, -0.1) is 0 Å². The van der Waals surface area contributed by atoms with E-state index in [4.69, 9.17) is 4.74 Å². The van der Waals surface area contributed by atoms with E-state index in [1.165, 1.54) is 22.8 Å². The number of aryl methyl sites for hydroxylation is 1. The summed E-state index contributed by atoms with van der Waals surface area (Å²) in [6.45, 7) is 9.36. The molecule has 2 aromatic rings. The summed E-state index contributed by atoms with van der Waals surface area (Å²) in [6, 6.07) is 14.9. The van der Waals surface area contributed by atoms with Gasteiger partial charge in [0, 0.05) is 6.61 Å². The Bertz CT molecular complexity index is 1080. The summed E-state index contributed by atoms with van der Waals surface area (Å²) in [7, 11) is 0. The summed E-state index contributed by atoms with van der Waals surface area (Å²) < 4.78 is 5.92. The van der Waals surface area contributed by atoms with Gasteiger partial charge in [0.2, 0.25) is 0 Å². The van der Waals surface area contributed by atoms with Crippen LogP contribution in [-0.4, -0.2) is 23.5 Å². The van der Waals surface area contributed by atoms with Crippen molar-refractivity contribution in [2.45, 2.75) is 65.9 Å². The van der Waals surface area contributed by atoms with Crippen LogP contribution in [0.3, 0.4) is 0 Å². The Hall–Kier alpha value is -2.98. The largest absolute Gasteiger partial charge is 0.478 e. The maximum Gasteiger partial charge on any atom is 0.339 e. The molecular formula is C30H36O4. The zero-order chi connectivity index (χ0) is 24.7. The number of ether oxygens (including phenoxy) is 1. The summed E-state index contributed by atoms with van der Waals surface area (Å²) in [5.74, 6) is -1.05. The van der Waals surface area contributed by atoms with E-state index in [2.05, 4.69) is 57.2 Å². The lowest BCUT2D eigenvalue weighted by atomic mass is 9.82. The summed E-state index contributed by atoms with van der Waals surface area (Å²) in [5.41, 5.74) is 6.54. The van der Waals surface area contributed by atoms with Crippen LogP contribution in [0, 0.1) is 12.8 Å². The summed E-state index contributed by atoms with van der Waals surface area (Å²) in [4.78, 5) is 24.4. The van der Waals surface area contributed by atoms with Gasteiger partial charge in [0.1, 0.15) is 5.57 Å². The van der Waals surface area contributed by atoms with Gasteiger partial charge in [-0.2, -0.15) is 0 Å². The van der Waals surface area contributed by atoms with Crippen LogP contribution in [0.15, 0.2) is 60.2 Å². The quantitative estimate of drug-likeness (QED) is 0.149. The second-order valence-corrected chi connectivity index (χ2v) is 9.29. The number of hydrogen-bond donors (Lipinski definition) is 1. The van der Waals surface area contributed by atoms with Crippen LogP contribution >= 0.6 is 0 Å². The van der Waals surface area contributed by atoms with Crippen LogP contribution in [-0.2, 0) is 27.4 Å². The fourth-order valence-electron chi connectivity index (χ4n) is 4.78. The highest BCUT2D eigenvalue weighted by atomic mass is 16.5. The number of hydrogen-bond acceptors (Lipinski definition) is 3. The Morgan fingerprint density at radius 3 is 2.53 bits per heavy atom. The maximum atomic E-state index is 12.9. The van der Waals surface area contributed by atoms with Crippen molar-refractivity contribution in [1.29, 1.82) is 0 Å². The average molecular weight is 461 g/mol. The topological polar surface area (TPSA) is 63.6 Å². The Morgan fingerprint density at radius 2 is 1.88 bits per heavy atom. The zero-order valence-electron chi connectivity index (χ0n) is 20.8. The highest BCUT2D eigenvalue weighted by molar-refractivity contribution is 6.22. The molecule has 0 amide bonds. The van der Waals surface area contributed by atoms with Gasteiger partial charge in [-0.25, -0.2) is 4.79 Å². The molecule has 0 saturated heterocycles. The van der Waals surface area contributed by atoms with Crippen LogP contribution in [0.2, 0.25) is 0 Å². The lowest BCUT2D eigenvalue weighted by Crippen LogP contribution is -2.12. The molecule has 0 spiro atoms. The Balaban J connectivity index is 2.06. The van der Waals surface area contributed by atoms with Crippen molar-refractivity contribution in [3.05, 3.63) is 88.0 Å². The number of aliphatic carboxylic acids is 1. The SMILES string of the molecule is C/C=C(/C(=O)O)C(=O)/C=C1\CC(C)C(c2ccccc2)Cc2cc(COCCCC)c(C)cc21. The second-order valence-electron chi connectivity index (χ2n) is 9.29. The first-order valence-corrected chi connectivity index (χ1v) is 12.3. The lowest BCUT2D eigenvalue weighted by molar-refractivity contribution is -0.134. The van der Waals surface area contributed by atoms with Crippen molar-refractivity contribution >= 4 is 17.3 Å². The van der Waals surface area contributed by atoms with Gasteiger partial charge < -0.3 is 9.84 Å². The lowest BCUT2D eigenvalue weighted by Gasteiger charge is -2.22. The van der Waals surface area contributed by atoms with E-state index >= 15 is 0 Å². The van der Waals surface area contributed by atoms with E-state index in [-0.39, 0.29) is 11.5 Å². The molecule has 0 bridgehead atoms. The Kier molecular flexibility index (Phi) is 9.00. The molecule has 0 aliphatic heterocycles. The van der Waals surface area contributed by atoms with E-state index in [1.807, 2.05) is 6.07 Å². The number of carboxylic acid groups (broad SMARTS) is 1. The minimum Gasteiger partial charge on any atom is -0.478 e. The molecule has 0 fully saturated rings. The minimum absolute atomic E-state index is 0.191. The van der Waals surface area contributed by atoms with Crippen LogP contribution in [0.4, 0.5) is 0 Å². The van der Waals surface area contributed by atoms with Gasteiger partial charge in [-0.1, -0.05) is 68.8 Å². The van der Waals surface area contributed by atoms with Crippen molar-refractivity contribution in [1.82, 2.24) is 0 Å². The van der Waals surface area contributed by atoms with Gasteiger partial charge in [-0.05, 0) is 84.4 Å². The number of carbonyl (C=O) groups is 2. The van der Waals surface area contributed by atoms with Crippen molar-refractivity contribution in [2.24, 2.45) is 5.92 Å². The van der Waals surface area contributed by atoms with E-state index in [0.717, 1.165) is 42.6 Å². The molecular weight excluding hydrogens is 424 g/mol. The first-order chi connectivity index (χ1) is 16.3. The van der Waals surface area contributed by atoms with Gasteiger partial charge in [0.15, 0.2) is 5.78 Å². The van der Waals surface area contributed by atoms with Crippen molar-refractivity contribution in [2.75, 3.05) is 6.61 Å². The van der Waals surface area contributed by atoms with Crippen LogP contribution in [0.25, 0.3) is 5.57 Å². The first-order valence-electron chi connectivity index (χ1n) is 12.3. The van der Waals surface area contributed by atoms with Crippen molar-refractivity contribution in [3.63, 3.8) is 0 Å². The van der Waals surface area contributed by atoms with Gasteiger partial charge in [0.25, 0.3) is 0 Å². The van der Waals surface area contributed by atoms with Crippen LogP contribution < -0.4 is 0 Å². The summed E-state index contributed by atoms with van der Waals surface area (Å²) in [5, 5.41) is 9.44. The summed E-state index contributed by atoms with van der Waals surface area (Å²) in [6.07, 6.45) is 6.64. The first kappa shape index (κ1) is 25.6. The van der Waals surface area contributed by atoms with Gasteiger partial charge in [0.05, 0.1) is 6.61 Å². The fraction of sp³-hybridized carbons (Fsp3) is 0.400. The van der Waals surface area contributed by atoms with E-state index in [1.54, 1.807) is 13.0 Å². The molecule has 4 nitrogen and oxygen atoms in total. The molecule has 0 aromatic heterocycles. The smallest absolute Gasteiger partial charge is 0.339 e. The maximum absolute atomic E-state index is 12.9. The standard InChI is InChI=1S/C30H36O4/c1-5-7-13-34-19-25-16-24-17-27(22-11-9-8-10-12-22)21(4)14-23(28(24)15-20(25)3)18-29(31)26(6-2)30(32)33/h6,8-12,15-16,18,21,27H,5,7,13-14,17,19H2,1-4H3,(H,32,33)/b23-18+,26-6+. The third-order valence-corrected chi connectivity index (χ3v) is 6.79. The van der Waals surface area contributed by atoms with Crippen LogP contribution in [0.5, 0.6) is 0 Å². The number of allylic oxidation sites excluding steroid dienone is 3. The number of rotatable bonds is 9. The predicted molar refractivity (Wildman–Crippen MR) is 137 cm³/mol. The van der Waals surface area contributed by atoms with E-state index in [0.29, 0.717) is 18.9 Å². The molecule has 4 heteroatoms. The Labute approximate surface area is 203 Å². The predicted octanol–water partition coefficient (Wildman–Crippen LogP) is 6.66. The third kappa shape index (κ3) is 6.12. The van der Waals surface area contributed by atoms with Crippen molar-refractivity contribution in [3.8, 4) is 0 Å². The van der Waals surface area contributed by atoms with Crippen molar-refractivity contribution < 1.29 is 19.4 Å². The fourth-order valence-corrected chi connectivity index (χ4v) is 4.78.